The van der Waals surface area contributed by atoms with Crippen LogP contribution in [0.3, 0.4) is 0 Å². The Morgan fingerprint density at radius 1 is 1.60 bits per heavy atom. The summed E-state index contributed by atoms with van der Waals surface area (Å²) >= 11 is 0. The van der Waals surface area contributed by atoms with Crippen LogP contribution in [0.25, 0.3) is 0 Å². The van der Waals surface area contributed by atoms with E-state index in [2.05, 4.69) is 0 Å². The molecule has 0 aromatic carbocycles. The minimum absolute atomic E-state index is 0.947. The van der Waals surface area contributed by atoms with E-state index in [1.165, 1.54) is 5.32 Å². The summed E-state index contributed by atoms with van der Waals surface area (Å²) in [5.41, 5.74) is 0. The van der Waals surface area contributed by atoms with Gasteiger partial charge in [0.15, 0.2) is 6.67 Å². The third-order valence-electron chi connectivity index (χ3n) is 0.666. The van der Waals surface area contributed by atoms with Crippen molar-refractivity contribution in [2.24, 2.45) is 0 Å². The molecule has 3 nitrogen and oxygen atoms in total. The largest absolute Gasteiger partial charge is 0.480 e. The smallest absolute Gasteiger partial charge is 0.331 e. The lowest BCUT2D eigenvalue weighted by molar-refractivity contribution is -0.139. The van der Waals surface area contributed by atoms with Gasteiger partial charge in [-0.2, -0.15) is 8.78 Å². The average Bonchev–Trinajstić information content (AvgIpc) is 1.85. The third kappa shape index (κ3) is 4.13. The lowest BCUT2D eigenvalue weighted by atomic mass is 10.5. The Bertz CT molecular complexity index is 128. The fraction of sp³-hybridized carbons (Fsp3) is 0.750. The van der Waals surface area contributed by atoms with Gasteiger partial charge in [0.1, 0.15) is 0 Å². The predicted octanol–water partition coefficient (Wildman–Crippen LogP) is 0.223. The number of halogens is 3. The normalized spacial score (nSPS) is 11.5. The highest BCUT2D eigenvalue weighted by atomic mass is 19.3. The molecule has 10 heavy (non-hydrogen) atoms. The summed E-state index contributed by atoms with van der Waals surface area (Å²) in [6.45, 7) is -2.85. The number of carboxylic acids is 1. The molecule has 2 N–H and O–H groups in total. The zero-order valence-corrected chi connectivity index (χ0v) is 4.90. The standard InChI is InChI=1S/C4H6F3NO2/c5-2-4(6,7)8-1-3(9)10/h8H,1-2H2,(H,9,10). The fourth-order valence-electron chi connectivity index (χ4n) is 0.252. The summed E-state index contributed by atoms with van der Waals surface area (Å²) in [6, 6.07) is -3.72. The van der Waals surface area contributed by atoms with Gasteiger partial charge in [-0.15, -0.1) is 0 Å². The Morgan fingerprint density at radius 2 is 2.10 bits per heavy atom. The molecule has 0 aliphatic carbocycles. The van der Waals surface area contributed by atoms with Gasteiger partial charge in [-0.1, -0.05) is 0 Å². The molecule has 0 rings (SSSR count). The van der Waals surface area contributed by atoms with Crippen LogP contribution in [0, 0.1) is 0 Å². The van der Waals surface area contributed by atoms with Crippen molar-refractivity contribution < 1.29 is 23.1 Å². The van der Waals surface area contributed by atoms with Crippen molar-refractivity contribution in [2.75, 3.05) is 13.2 Å². The second-order valence-corrected chi connectivity index (χ2v) is 1.59. The van der Waals surface area contributed by atoms with E-state index in [9.17, 15) is 18.0 Å². The molecule has 0 aliphatic heterocycles. The van der Waals surface area contributed by atoms with Crippen LogP contribution in [0.5, 0.6) is 0 Å². The van der Waals surface area contributed by atoms with Crippen LogP contribution in [0.2, 0.25) is 0 Å². The van der Waals surface area contributed by atoms with Crippen LogP contribution in [-0.4, -0.2) is 30.3 Å². The van der Waals surface area contributed by atoms with Gasteiger partial charge in [0.2, 0.25) is 0 Å². The molecule has 0 heterocycles. The number of carboxylic acid groups (broad SMARTS) is 1. The van der Waals surface area contributed by atoms with Gasteiger partial charge < -0.3 is 5.11 Å². The molecule has 0 saturated carbocycles. The van der Waals surface area contributed by atoms with E-state index in [0.29, 0.717) is 0 Å². The van der Waals surface area contributed by atoms with Gasteiger partial charge in [0.25, 0.3) is 0 Å². The molecule has 0 aliphatic rings. The maximum absolute atomic E-state index is 11.8. The first-order valence-corrected chi connectivity index (χ1v) is 2.38. The van der Waals surface area contributed by atoms with E-state index in [4.69, 9.17) is 5.11 Å². The predicted molar refractivity (Wildman–Crippen MR) is 26.6 cm³/mol. The Labute approximate surface area is 54.8 Å². The Kier molecular flexibility index (Phi) is 3.14. The number of nitrogens with one attached hydrogen (secondary N) is 1. The van der Waals surface area contributed by atoms with Crippen LogP contribution in [0.15, 0.2) is 0 Å². The summed E-state index contributed by atoms with van der Waals surface area (Å²) in [4.78, 5) is 9.64. The average molecular weight is 157 g/mol. The van der Waals surface area contributed by atoms with Crippen molar-refractivity contribution in [2.45, 2.75) is 6.05 Å². The first kappa shape index (κ1) is 9.22. The minimum Gasteiger partial charge on any atom is -0.480 e. The molecule has 0 aromatic rings. The van der Waals surface area contributed by atoms with E-state index in [0.717, 1.165) is 0 Å². The van der Waals surface area contributed by atoms with Crippen LogP contribution in [0.1, 0.15) is 0 Å². The number of carbonyl (C=O) groups is 1. The van der Waals surface area contributed by atoms with Crippen molar-refractivity contribution in [1.82, 2.24) is 5.32 Å². The van der Waals surface area contributed by atoms with Crippen molar-refractivity contribution in [3.63, 3.8) is 0 Å². The molecule has 0 amide bonds. The van der Waals surface area contributed by atoms with E-state index in [-0.39, 0.29) is 0 Å². The van der Waals surface area contributed by atoms with E-state index in [1.54, 1.807) is 0 Å². The molecule has 0 radical (unpaired) electrons. The highest BCUT2D eigenvalue weighted by Gasteiger charge is 2.28. The maximum Gasteiger partial charge on any atom is 0.331 e. The summed E-state index contributed by atoms with van der Waals surface area (Å²) in [7, 11) is 0. The van der Waals surface area contributed by atoms with Gasteiger partial charge >= 0.3 is 12.0 Å². The van der Waals surface area contributed by atoms with Crippen LogP contribution >= 0.6 is 0 Å². The van der Waals surface area contributed by atoms with Gasteiger partial charge in [-0.3, -0.25) is 4.79 Å². The fourth-order valence-corrected chi connectivity index (χ4v) is 0.252. The molecule has 60 valence electrons. The van der Waals surface area contributed by atoms with Gasteiger partial charge in [-0.05, 0) is 0 Å². The molecule has 6 heteroatoms. The van der Waals surface area contributed by atoms with Crippen molar-refractivity contribution in [1.29, 1.82) is 0 Å². The lowest BCUT2D eigenvalue weighted by Crippen LogP contribution is -2.41. The molecule has 0 unspecified atom stereocenters. The maximum atomic E-state index is 11.8. The molecular weight excluding hydrogens is 151 g/mol. The lowest BCUT2D eigenvalue weighted by Gasteiger charge is -2.11. The quantitative estimate of drug-likeness (QED) is 0.574. The number of rotatable bonds is 4. The Hall–Kier alpha value is -0.780. The van der Waals surface area contributed by atoms with E-state index < -0.39 is 25.2 Å². The molecule has 0 bridgehead atoms. The number of hydrogen-bond acceptors (Lipinski definition) is 2. The molecule has 0 atom stereocenters. The molecule has 0 fully saturated rings. The highest BCUT2D eigenvalue weighted by molar-refractivity contribution is 5.69. The number of hydrogen-bond donors (Lipinski definition) is 2. The zero-order chi connectivity index (χ0) is 8.20. The van der Waals surface area contributed by atoms with E-state index >= 15 is 0 Å². The van der Waals surface area contributed by atoms with Gasteiger partial charge in [0, 0.05) is 0 Å². The molecule has 0 aromatic heterocycles. The monoisotopic (exact) mass is 157 g/mol. The summed E-state index contributed by atoms with van der Waals surface area (Å²) < 4.78 is 34.7. The number of alkyl halides is 3. The highest BCUT2D eigenvalue weighted by Crippen LogP contribution is 2.07. The van der Waals surface area contributed by atoms with Crippen molar-refractivity contribution in [3.8, 4) is 0 Å². The second kappa shape index (κ2) is 3.40. The second-order valence-electron chi connectivity index (χ2n) is 1.59. The van der Waals surface area contributed by atoms with E-state index in [1.807, 2.05) is 0 Å². The molecule has 0 spiro atoms. The van der Waals surface area contributed by atoms with Crippen molar-refractivity contribution in [3.05, 3.63) is 0 Å². The Morgan fingerprint density at radius 3 is 2.40 bits per heavy atom. The van der Waals surface area contributed by atoms with Crippen molar-refractivity contribution >= 4 is 5.97 Å². The summed E-state index contributed by atoms with van der Waals surface area (Å²) in [6.07, 6.45) is 0. The first-order chi connectivity index (χ1) is 4.48. The minimum atomic E-state index is -3.72. The summed E-state index contributed by atoms with van der Waals surface area (Å²) in [5, 5.41) is 9.05. The topological polar surface area (TPSA) is 49.3 Å². The van der Waals surface area contributed by atoms with Crippen LogP contribution in [-0.2, 0) is 4.79 Å². The number of aliphatic carboxylic acids is 1. The molecule has 0 saturated heterocycles. The SMILES string of the molecule is O=C(O)CNC(F)(F)CF. The van der Waals surface area contributed by atoms with Gasteiger partial charge in [0.05, 0.1) is 6.54 Å². The van der Waals surface area contributed by atoms with Crippen LogP contribution in [0.4, 0.5) is 13.2 Å². The third-order valence-corrected chi connectivity index (χ3v) is 0.666. The summed E-state index contributed by atoms with van der Waals surface area (Å²) in [5.74, 6) is -1.45. The zero-order valence-electron chi connectivity index (χ0n) is 4.90. The first-order valence-electron chi connectivity index (χ1n) is 2.38. The van der Waals surface area contributed by atoms with Gasteiger partial charge in [-0.25, -0.2) is 9.71 Å². The Balaban J connectivity index is 3.56. The van der Waals surface area contributed by atoms with Crippen LogP contribution < -0.4 is 5.32 Å². The molecular formula is C4H6F3NO2.